The van der Waals surface area contributed by atoms with Crippen LogP contribution in [0.4, 0.5) is 0 Å². The summed E-state index contributed by atoms with van der Waals surface area (Å²) < 4.78 is 1.04. The summed E-state index contributed by atoms with van der Waals surface area (Å²) in [6.45, 7) is 1.95. The Kier molecular flexibility index (Phi) is 2.87. The van der Waals surface area contributed by atoms with Gasteiger partial charge < -0.3 is 0 Å². The molecule has 0 saturated heterocycles. The predicted octanol–water partition coefficient (Wildman–Crippen LogP) is 3.77. The number of halogens is 1. The maximum atomic E-state index is 9.26. The number of benzene rings is 1. The fraction of sp³-hybridized carbons (Fsp3) is 0.267. The van der Waals surface area contributed by atoms with Crippen LogP contribution in [-0.2, 0) is 5.41 Å². The van der Waals surface area contributed by atoms with Crippen molar-refractivity contribution in [2.24, 2.45) is 0 Å². The van der Waals surface area contributed by atoms with Gasteiger partial charge in [0, 0.05) is 15.7 Å². The van der Waals surface area contributed by atoms with Crippen molar-refractivity contribution in [1.29, 1.82) is 5.26 Å². The standard InChI is InChI=1S/C15H12BrN3/c1-10-8-13(11-2-4-12(16)5-3-11)19-14(18-10)15(9-17)6-7-15/h2-5,8H,6-7H2,1H3. The van der Waals surface area contributed by atoms with Gasteiger partial charge in [0.1, 0.15) is 11.2 Å². The van der Waals surface area contributed by atoms with Gasteiger partial charge in [0.15, 0.2) is 0 Å². The molecule has 19 heavy (non-hydrogen) atoms. The van der Waals surface area contributed by atoms with E-state index in [2.05, 4.69) is 32.0 Å². The summed E-state index contributed by atoms with van der Waals surface area (Å²) in [6, 6.07) is 12.3. The van der Waals surface area contributed by atoms with E-state index < -0.39 is 5.41 Å². The van der Waals surface area contributed by atoms with E-state index in [1.54, 1.807) is 0 Å². The third-order valence-electron chi connectivity index (χ3n) is 3.39. The molecule has 3 rings (SSSR count). The number of aryl methyl sites for hydroxylation is 1. The summed E-state index contributed by atoms with van der Waals surface area (Å²) in [5.41, 5.74) is 2.40. The van der Waals surface area contributed by atoms with Gasteiger partial charge in [0.25, 0.3) is 0 Å². The van der Waals surface area contributed by atoms with Crippen molar-refractivity contribution in [3.8, 4) is 17.3 Å². The van der Waals surface area contributed by atoms with Gasteiger partial charge in [-0.05, 0) is 38.0 Å². The summed E-state index contributed by atoms with van der Waals surface area (Å²) in [7, 11) is 0. The maximum Gasteiger partial charge on any atom is 0.149 e. The highest BCUT2D eigenvalue weighted by Gasteiger charge is 2.48. The molecule has 1 aliphatic rings. The van der Waals surface area contributed by atoms with E-state index in [4.69, 9.17) is 0 Å². The van der Waals surface area contributed by atoms with Crippen LogP contribution < -0.4 is 0 Å². The fourth-order valence-electron chi connectivity index (χ4n) is 2.06. The van der Waals surface area contributed by atoms with E-state index in [1.807, 2.05) is 37.3 Å². The molecular weight excluding hydrogens is 302 g/mol. The first-order chi connectivity index (χ1) is 9.13. The molecule has 94 valence electrons. The molecule has 1 saturated carbocycles. The summed E-state index contributed by atoms with van der Waals surface area (Å²) in [4.78, 5) is 9.03. The molecule has 1 aromatic carbocycles. The van der Waals surface area contributed by atoms with E-state index in [-0.39, 0.29) is 0 Å². The molecule has 0 N–H and O–H groups in total. The lowest BCUT2D eigenvalue weighted by atomic mass is 10.1. The van der Waals surface area contributed by atoms with Gasteiger partial charge in [-0.2, -0.15) is 5.26 Å². The van der Waals surface area contributed by atoms with Gasteiger partial charge in [-0.25, -0.2) is 9.97 Å². The van der Waals surface area contributed by atoms with E-state index >= 15 is 0 Å². The zero-order valence-corrected chi connectivity index (χ0v) is 12.1. The Bertz CT molecular complexity index is 667. The molecule has 0 bridgehead atoms. The molecule has 2 aromatic rings. The normalized spacial score (nSPS) is 15.8. The minimum absolute atomic E-state index is 0.434. The van der Waals surface area contributed by atoms with E-state index in [0.29, 0.717) is 5.82 Å². The number of nitrogens with zero attached hydrogens (tertiary/aromatic N) is 3. The van der Waals surface area contributed by atoms with Crippen LogP contribution in [0.1, 0.15) is 24.4 Å². The SMILES string of the molecule is Cc1cc(-c2ccc(Br)cc2)nc(C2(C#N)CC2)n1. The van der Waals surface area contributed by atoms with Crippen LogP contribution in [0.3, 0.4) is 0 Å². The van der Waals surface area contributed by atoms with Crippen LogP contribution in [0.25, 0.3) is 11.3 Å². The van der Waals surface area contributed by atoms with Crippen LogP contribution in [0.2, 0.25) is 0 Å². The molecule has 3 nitrogen and oxygen atoms in total. The molecule has 1 fully saturated rings. The third kappa shape index (κ3) is 2.26. The summed E-state index contributed by atoms with van der Waals surface area (Å²) in [5, 5.41) is 9.26. The Morgan fingerprint density at radius 3 is 2.47 bits per heavy atom. The Morgan fingerprint density at radius 1 is 1.21 bits per heavy atom. The minimum atomic E-state index is -0.434. The molecule has 1 aliphatic carbocycles. The van der Waals surface area contributed by atoms with Crippen molar-refractivity contribution in [2.75, 3.05) is 0 Å². The Balaban J connectivity index is 2.08. The van der Waals surface area contributed by atoms with Crippen LogP contribution >= 0.6 is 15.9 Å². The second-order valence-electron chi connectivity index (χ2n) is 4.92. The first kappa shape index (κ1) is 12.3. The second kappa shape index (κ2) is 4.43. The maximum absolute atomic E-state index is 9.26. The summed E-state index contributed by atoms with van der Waals surface area (Å²) in [6.07, 6.45) is 1.74. The molecule has 4 heteroatoms. The highest BCUT2D eigenvalue weighted by molar-refractivity contribution is 9.10. The Labute approximate surface area is 120 Å². The minimum Gasteiger partial charge on any atom is -0.236 e. The molecule has 0 aliphatic heterocycles. The van der Waals surface area contributed by atoms with Crippen molar-refractivity contribution in [1.82, 2.24) is 9.97 Å². The van der Waals surface area contributed by atoms with Gasteiger partial charge >= 0.3 is 0 Å². The molecule has 0 unspecified atom stereocenters. The highest BCUT2D eigenvalue weighted by atomic mass is 79.9. The molecule has 1 aromatic heterocycles. The molecule has 0 spiro atoms. The number of rotatable bonds is 2. The van der Waals surface area contributed by atoms with Gasteiger partial charge in [0.2, 0.25) is 0 Å². The predicted molar refractivity (Wildman–Crippen MR) is 76.4 cm³/mol. The quantitative estimate of drug-likeness (QED) is 0.848. The van der Waals surface area contributed by atoms with E-state index in [9.17, 15) is 5.26 Å². The van der Waals surface area contributed by atoms with Crippen molar-refractivity contribution in [2.45, 2.75) is 25.2 Å². The highest BCUT2D eigenvalue weighted by Crippen LogP contribution is 2.46. The number of hydrogen-bond donors (Lipinski definition) is 0. The number of hydrogen-bond acceptors (Lipinski definition) is 3. The van der Waals surface area contributed by atoms with Crippen molar-refractivity contribution in [3.05, 3.63) is 46.3 Å². The zero-order valence-electron chi connectivity index (χ0n) is 10.5. The lowest BCUT2D eigenvalue weighted by Gasteiger charge is -2.09. The Hall–Kier alpha value is -1.73. The lowest BCUT2D eigenvalue weighted by Crippen LogP contribution is -2.10. The summed E-state index contributed by atoms with van der Waals surface area (Å²) in [5.74, 6) is 0.674. The first-order valence-corrected chi connectivity index (χ1v) is 6.96. The van der Waals surface area contributed by atoms with Crippen molar-refractivity contribution in [3.63, 3.8) is 0 Å². The fourth-order valence-corrected chi connectivity index (χ4v) is 2.33. The monoisotopic (exact) mass is 313 g/mol. The Morgan fingerprint density at radius 2 is 1.89 bits per heavy atom. The molecule has 0 radical (unpaired) electrons. The molecule has 1 heterocycles. The van der Waals surface area contributed by atoms with Crippen molar-refractivity contribution < 1.29 is 0 Å². The largest absolute Gasteiger partial charge is 0.236 e. The average Bonchev–Trinajstić information content (AvgIpc) is 3.20. The van der Waals surface area contributed by atoms with E-state index in [1.165, 1.54) is 0 Å². The smallest absolute Gasteiger partial charge is 0.149 e. The van der Waals surface area contributed by atoms with Crippen LogP contribution in [-0.4, -0.2) is 9.97 Å². The second-order valence-corrected chi connectivity index (χ2v) is 5.83. The van der Waals surface area contributed by atoms with Gasteiger partial charge in [-0.1, -0.05) is 28.1 Å². The van der Waals surface area contributed by atoms with Crippen molar-refractivity contribution >= 4 is 15.9 Å². The molecule has 0 amide bonds. The summed E-state index contributed by atoms with van der Waals surface area (Å²) >= 11 is 3.42. The van der Waals surface area contributed by atoms with Gasteiger partial charge in [-0.15, -0.1) is 0 Å². The van der Waals surface area contributed by atoms with Crippen LogP contribution in [0, 0.1) is 18.3 Å². The first-order valence-electron chi connectivity index (χ1n) is 6.16. The van der Waals surface area contributed by atoms with Gasteiger partial charge in [-0.3, -0.25) is 0 Å². The third-order valence-corrected chi connectivity index (χ3v) is 3.91. The molecule has 0 atom stereocenters. The lowest BCUT2D eigenvalue weighted by molar-refractivity contribution is 0.789. The zero-order chi connectivity index (χ0) is 13.5. The van der Waals surface area contributed by atoms with Gasteiger partial charge in [0.05, 0.1) is 11.8 Å². The average molecular weight is 314 g/mol. The van der Waals surface area contributed by atoms with Crippen LogP contribution in [0.5, 0.6) is 0 Å². The topological polar surface area (TPSA) is 49.6 Å². The van der Waals surface area contributed by atoms with Crippen LogP contribution in [0.15, 0.2) is 34.8 Å². The van der Waals surface area contributed by atoms with E-state index in [0.717, 1.165) is 34.3 Å². The molecular formula is C15H12BrN3. The number of aromatic nitrogens is 2. The number of nitriles is 1.